The summed E-state index contributed by atoms with van der Waals surface area (Å²) < 4.78 is 6.94. The van der Waals surface area contributed by atoms with E-state index < -0.39 is 0 Å². The molecule has 6 heteroatoms. The molecule has 0 fully saturated rings. The molecule has 0 atom stereocenters. The lowest BCUT2D eigenvalue weighted by Crippen LogP contribution is -1.97. The van der Waals surface area contributed by atoms with Crippen molar-refractivity contribution in [3.8, 4) is 17.1 Å². The maximum atomic E-state index is 5.09. The number of nitrogens with zero attached hydrogens (tertiary/aromatic N) is 5. The molecule has 0 amide bonds. The van der Waals surface area contributed by atoms with Crippen molar-refractivity contribution in [3.05, 3.63) is 72.4 Å². The zero-order chi connectivity index (χ0) is 16.4. The lowest BCUT2D eigenvalue weighted by atomic mass is 10.1. The first kappa shape index (κ1) is 14.3. The van der Waals surface area contributed by atoms with Crippen LogP contribution < -0.4 is 4.74 Å². The van der Waals surface area contributed by atoms with Crippen molar-refractivity contribution in [1.29, 1.82) is 0 Å². The molecule has 4 aromatic rings. The van der Waals surface area contributed by atoms with Crippen LogP contribution in [0.1, 0.15) is 11.1 Å². The predicted octanol–water partition coefficient (Wildman–Crippen LogP) is 2.79. The first-order valence-corrected chi connectivity index (χ1v) is 7.56. The predicted molar refractivity (Wildman–Crippen MR) is 89.8 cm³/mol. The molecule has 0 saturated carbocycles. The Hall–Kier alpha value is -3.28. The summed E-state index contributed by atoms with van der Waals surface area (Å²) in [5.41, 5.74) is 4.94. The van der Waals surface area contributed by atoms with Gasteiger partial charge in [-0.25, -0.2) is 14.5 Å². The fourth-order valence-electron chi connectivity index (χ4n) is 2.65. The van der Waals surface area contributed by atoms with Crippen molar-refractivity contribution >= 4 is 5.65 Å². The minimum atomic E-state index is 0.607. The van der Waals surface area contributed by atoms with Crippen LogP contribution in [0.3, 0.4) is 0 Å². The van der Waals surface area contributed by atoms with Crippen molar-refractivity contribution in [1.82, 2.24) is 24.6 Å². The van der Waals surface area contributed by atoms with Crippen LogP contribution in [0.25, 0.3) is 16.9 Å². The fraction of sp³-hybridized carbons (Fsp3) is 0.111. The lowest BCUT2D eigenvalue weighted by molar-refractivity contribution is 0.397. The smallest absolute Gasteiger partial charge is 0.212 e. The number of methoxy groups -OCH3 is 1. The molecule has 4 heterocycles. The highest BCUT2D eigenvalue weighted by atomic mass is 16.5. The van der Waals surface area contributed by atoms with Crippen LogP contribution in [0, 0.1) is 0 Å². The minimum absolute atomic E-state index is 0.607. The molecule has 0 unspecified atom stereocenters. The van der Waals surface area contributed by atoms with Crippen molar-refractivity contribution in [2.24, 2.45) is 0 Å². The van der Waals surface area contributed by atoms with E-state index in [4.69, 9.17) is 4.74 Å². The van der Waals surface area contributed by atoms with E-state index in [0.29, 0.717) is 12.3 Å². The third kappa shape index (κ3) is 2.58. The molecule has 0 bridgehead atoms. The number of hydrogen-bond acceptors (Lipinski definition) is 5. The van der Waals surface area contributed by atoms with E-state index in [1.807, 2.05) is 53.4 Å². The van der Waals surface area contributed by atoms with Gasteiger partial charge in [0, 0.05) is 48.4 Å². The Kier molecular flexibility index (Phi) is 3.63. The normalized spacial score (nSPS) is 10.9. The standard InChI is InChI=1S/C18H15N5O/c1-24-17-5-4-13(10-21-17)9-15-12-22-23-16(6-8-20-18(15)23)14-3-2-7-19-11-14/h2-8,10-12H,9H2,1H3. The molecule has 0 saturated heterocycles. The quantitative estimate of drug-likeness (QED) is 0.579. The molecule has 0 aliphatic rings. The second kappa shape index (κ2) is 6.08. The van der Waals surface area contributed by atoms with Crippen LogP contribution in [-0.2, 0) is 6.42 Å². The molecular formula is C18H15N5O. The van der Waals surface area contributed by atoms with Gasteiger partial charge in [-0.3, -0.25) is 4.98 Å². The van der Waals surface area contributed by atoms with Gasteiger partial charge in [0.1, 0.15) is 0 Å². The van der Waals surface area contributed by atoms with Crippen LogP contribution in [0.5, 0.6) is 5.88 Å². The van der Waals surface area contributed by atoms with E-state index in [9.17, 15) is 0 Å². The van der Waals surface area contributed by atoms with Crippen molar-refractivity contribution in [3.63, 3.8) is 0 Å². The summed E-state index contributed by atoms with van der Waals surface area (Å²) in [7, 11) is 1.61. The number of fused-ring (bicyclic) bond motifs is 1. The monoisotopic (exact) mass is 317 g/mol. The summed E-state index contributed by atoms with van der Waals surface area (Å²) in [5, 5.41) is 4.51. The summed E-state index contributed by atoms with van der Waals surface area (Å²) >= 11 is 0. The molecular weight excluding hydrogens is 302 g/mol. The average Bonchev–Trinajstić information content (AvgIpc) is 3.06. The molecule has 4 rings (SSSR count). The van der Waals surface area contributed by atoms with Crippen molar-refractivity contribution in [2.75, 3.05) is 7.11 Å². The summed E-state index contributed by atoms with van der Waals surface area (Å²) in [6, 6.07) is 9.72. The van der Waals surface area contributed by atoms with Gasteiger partial charge < -0.3 is 4.74 Å². The summed E-state index contributed by atoms with van der Waals surface area (Å²) in [6.07, 6.45) is 9.76. The molecule has 0 radical (unpaired) electrons. The van der Waals surface area contributed by atoms with Crippen molar-refractivity contribution in [2.45, 2.75) is 6.42 Å². The fourth-order valence-corrected chi connectivity index (χ4v) is 2.65. The summed E-state index contributed by atoms with van der Waals surface area (Å²) in [6.45, 7) is 0. The van der Waals surface area contributed by atoms with Gasteiger partial charge >= 0.3 is 0 Å². The largest absolute Gasteiger partial charge is 0.481 e. The summed E-state index contributed by atoms with van der Waals surface area (Å²) in [4.78, 5) is 12.9. The Morgan fingerprint density at radius 3 is 2.71 bits per heavy atom. The highest BCUT2D eigenvalue weighted by Crippen LogP contribution is 2.21. The third-order valence-electron chi connectivity index (χ3n) is 3.83. The van der Waals surface area contributed by atoms with E-state index >= 15 is 0 Å². The van der Waals surface area contributed by atoms with Gasteiger partial charge in [-0.05, 0) is 23.8 Å². The van der Waals surface area contributed by atoms with Gasteiger partial charge in [-0.15, -0.1) is 0 Å². The first-order chi connectivity index (χ1) is 11.8. The molecule has 0 aliphatic carbocycles. The second-order valence-electron chi connectivity index (χ2n) is 5.36. The van der Waals surface area contributed by atoms with Gasteiger partial charge in [0.25, 0.3) is 0 Å². The molecule has 4 aromatic heterocycles. The molecule has 118 valence electrons. The Balaban J connectivity index is 1.72. The number of pyridine rings is 2. The Labute approximate surface area is 138 Å². The maximum Gasteiger partial charge on any atom is 0.212 e. The summed E-state index contributed by atoms with van der Waals surface area (Å²) in [5.74, 6) is 0.607. The van der Waals surface area contributed by atoms with E-state index in [1.54, 1.807) is 19.5 Å². The number of hydrogen-bond donors (Lipinski definition) is 0. The van der Waals surface area contributed by atoms with Crippen LogP contribution in [0.4, 0.5) is 0 Å². The highest BCUT2D eigenvalue weighted by molar-refractivity contribution is 5.63. The Bertz CT molecular complexity index is 964. The lowest BCUT2D eigenvalue weighted by Gasteiger charge is -2.05. The molecule has 0 aromatic carbocycles. The topological polar surface area (TPSA) is 65.2 Å². The average molecular weight is 317 g/mol. The SMILES string of the molecule is COc1ccc(Cc2cnn3c(-c4cccnc4)ccnc23)cn1. The first-order valence-electron chi connectivity index (χ1n) is 7.56. The van der Waals surface area contributed by atoms with Gasteiger partial charge in [0.05, 0.1) is 19.0 Å². The minimum Gasteiger partial charge on any atom is -0.481 e. The number of ether oxygens (including phenoxy) is 1. The maximum absolute atomic E-state index is 5.09. The van der Waals surface area contributed by atoms with Gasteiger partial charge in [0.15, 0.2) is 5.65 Å². The van der Waals surface area contributed by atoms with E-state index in [-0.39, 0.29) is 0 Å². The van der Waals surface area contributed by atoms with E-state index in [2.05, 4.69) is 20.1 Å². The molecule has 6 nitrogen and oxygen atoms in total. The van der Waals surface area contributed by atoms with Gasteiger partial charge in [-0.1, -0.05) is 6.07 Å². The van der Waals surface area contributed by atoms with Crippen LogP contribution in [0.2, 0.25) is 0 Å². The molecule has 0 aliphatic heterocycles. The van der Waals surface area contributed by atoms with E-state index in [0.717, 1.165) is 28.0 Å². The number of rotatable bonds is 4. The van der Waals surface area contributed by atoms with Crippen LogP contribution in [-0.4, -0.2) is 31.7 Å². The zero-order valence-electron chi connectivity index (χ0n) is 13.1. The van der Waals surface area contributed by atoms with Gasteiger partial charge in [-0.2, -0.15) is 5.10 Å². The molecule has 0 N–H and O–H groups in total. The van der Waals surface area contributed by atoms with Crippen LogP contribution in [0.15, 0.2) is 61.3 Å². The van der Waals surface area contributed by atoms with Crippen LogP contribution >= 0.6 is 0 Å². The third-order valence-corrected chi connectivity index (χ3v) is 3.83. The zero-order valence-corrected chi connectivity index (χ0v) is 13.1. The highest BCUT2D eigenvalue weighted by Gasteiger charge is 2.11. The van der Waals surface area contributed by atoms with Gasteiger partial charge in [0.2, 0.25) is 5.88 Å². The molecule has 24 heavy (non-hydrogen) atoms. The Morgan fingerprint density at radius 2 is 1.96 bits per heavy atom. The second-order valence-corrected chi connectivity index (χ2v) is 5.36. The van der Waals surface area contributed by atoms with Crippen molar-refractivity contribution < 1.29 is 4.74 Å². The number of aromatic nitrogens is 5. The van der Waals surface area contributed by atoms with E-state index in [1.165, 1.54) is 0 Å². The Morgan fingerprint density at radius 1 is 1.00 bits per heavy atom. The molecule has 0 spiro atoms.